The van der Waals surface area contributed by atoms with E-state index in [1.165, 1.54) is 23.0 Å². The SMILES string of the molecule is C[C@H](N)C(=O)NC1CCC(Nc2cc(NC3CC3)c3ncc(C(=O)Nc4ccncc4F)n3n2)CC1. The first-order valence-electron chi connectivity index (χ1n) is 12.3. The highest BCUT2D eigenvalue weighted by Gasteiger charge is 2.26. The number of anilines is 3. The number of halogens is 1. The van der Waals surface area contributed by atoms with Gasteiger partial charge in [-0.25, -0.2) is 13.9 Å². The molecule has 0 unspecified atom stereocenters. The molecule has 0 saturated heterocycles. The van der Waals surface area contributed by atoms with E-state index in [0.717, 1.165) is 50.4 Å². The molecule has 12 heteroatoms. The highest BCUT2D eigenvalue weighted by molar-refractivity contribution is 6.03. The molecule has 3 aromatic rings. The number of carbonyl (C=O) groups excluding carboxylic acids is 2. The van der Waals surface area contributed by atoms with Crippen LogP contribution in [0.25, 0.3) is 5.65 Å². The second-order valence-corrected chi connectivity index (χ2v) is 9.54. The third-order valence-corrected chi connectivity index (χ3v) is 6.50. The molecule has 3 heterocycles. The van der Waals surface area contributed by atoms with Gasteiger partial charge in [-0.15, -0.1) is 5.10 Å². The van der Waals surface area contributed by atoms with Gasteiger partial charge < -0.3 is 27.0 Å². The Kier molecular flexibility index (Phi) is 6.68. The summed E-state index contributed by atoms with van der Waals surface area (Å²) in [5, 5.41) is 17.2. The molecule has 2 saturated carbocycles. The van der Waals surface area contributed by atoms with Gasteiger partial charge in [-0.3, -0.25) is 14.6 Å². The second kappa shape index (κ2) is 10.1. The van der Waals surface area contributed by atoms with E-state index in [1.807, 2.05) is 6.07 Å². The van der Waals surface area contributed by atoms with E-state index in [9.17, 15) is 14.0 Å². The van der Waals surface area contributed by atoms with Gasteiger partial charge in [0.25, 0.3) is 5.91 Å². The molecule has 11 nitrogen and oxygen atoms in total. The van der Waals surface area contributed by atoms with Crippen LogP contribution in [-0.2, 0) is 4.79 Å². The smallest absolute Gasteiger partial charge is 0.276 e. The Labute approximate surface area is 207 Å². The minimum atomic E-state index is -0.626. The highest BCUT2D eigenvalue weighted by Crippen LogP contribution is 2.30. The van der Waals surface area contributed by atoms with Crippen LogP contribution in [0, 0.1) is 5.82 Å². The molecular formula is C24H30FN9O2. The van der Waals surface area contributed by atoms with Gasteiger partial charge in [0.05, 0.1) is 29.8 Å². The van der Waals surface area contributed by atoms with Gasteiger partial charge in [-0.2, -0.15) is 0 Å². The minimum Gasteiger partial charge on any atom is -0.379 e. The van der Waals surface area contributed by atoms with Crippen molar-refractivity contribution in [3.8, 4) is 0 Å². The number of pyridine rings is 1. The van der Waals surface area contributed by atoms with Crippen molar-refractivity contribution in [2.24, 2.45) is 5.73 Å². The number of hydrogen-bond acceptors (Lipinski definition) is 8. The average Bonchev–Trinajstić information content (AvgIpc) is 3.57. The van der Waals surface area contributed by atoms with Gasteiger partial charge in [0, 0.05) is 30.4 Å². The normalized spacial score (nSPS) is 20.5. The monoisotopic (exact) mass is 495 g/mol. The van der Waals surface area contributed by atoms with Crippen molar-refractivity contribution >= 4 is 34.7 Å². The number of nitrogens with two attached hydrogens (primary N) is 1. The third-order valence-electron chi connectivity index (χ3n) is 6.50. The number of rotatable bonds is 8. The lowest BCUT2D eigenvalue weighted by Gasteiger charge is -2.30. The van der Waals surface area contributed by atoms with E-state index in [4.69, 9.17) is 5.73 Å². The Hall–Kier alpha value is -3.80. The van der Waals surface area contributed by atoms with Crippen LogP contribution >= 0.6 is 0 Å². The van der Waals surface area contributed by atoms with Crippen molar-refractivity contribution < 1.29 is 14.0 Å². The Morgan fingerprint density at radius 3 is 2.44 bits per heavy atom. The first-order chi connectivity index (χ1) is 17.4. The van der Waals surface area contributed by atoms with Crippen molar-refractivity contribution in [2.45, 2.75) is 69.6 Å². The fourth-order valence-corrected chi connectivity index (χ4v) is 4.33. The molecule has 1 atom stereocenters. The molecule has 6 N–H and O–H groups in total. The maximum absolute atomic E-state index is 14.0. The van der Waals surface area contributed by atoms with Gasteiger partial charge in [-0.1, -0.05) is 0 Å². The molecule has 0 aliphatic heterocycles. The highest BCUT2D eigenvalue weighted by atomic mass is 19.1. The van der Waals surface area contributed by atoms with E-state index >= 15 is 0 Å². The third kappa shape index (κ3) is 5.38. The lowest BCUT2D eigenvalue weighted by Crippen LogP contribution is -2.46. The van der Waals surface area contributed by atoms with Crippen LogP contribution in [0.15, 0.2) is 30.7 Å². The number of hydrogen-bond donors (Lipinski definition) is 5. The van der Waals surface area contributed by atoms with Crippen molar-refractivity contribution in [1.29, 1.82) is 0 Å². The van der Waals surface area contributed by atoms with E-state index in [1.54, 1.807) is 6.92 Å². The first-order valence-corrected chi connectivity index (χ1v) is 12.3. The molecule has 0 aromatic carbocycles. The van der Waals surface area contributed by atoms with Crippen LogP contribution in [-0.4, -0.2) is 55.6 Å². The zero-order chi connectivity index (χ0) is 25.2. The van der Waals surface area contributed by atoms with Crippen molar-refractivity contribution in [3.63, 3.8) is 0 Å². The number of fused-ring (bicyclic) bond motifs is 1. The molecule has 36 heavy (non-hydrogen) atoms. The lowest BCUT2D eigenvalue weighted by molar-refractivity contribution is -0.122. The van der Waals surface area contributed by atoms with E-state index in [-0.39, 0.29) is 29.4 Å². The van der Waals surface area contributed by atoms with Gasteiger partial charge >= 0.3 is 0 Å². The number of imidazole rings is 1. The Balaban J connectivity index is 1.34. The summed E-state index contributed by atoms with van der Waals surface area (Å²) < 4.78 is 15.5. The van der Waals surface area contributed by atoms with Gasteiger partial charge in [0.2, 0.25) is 5.91 Å². The molecule has 0 spiro atoms. The van der Waals surface area contributed by atoms with E-state index < -0.39 is 17.8 Å². The van der Waals surface area contributed by atoms with Gasteiger partial charge in [-0.05, 0) is 51.5 Å². The molecule has 190 valence electrons. The predicted molar refractivity (Wildman–Crippen MR) is 133 cm³/mol. The number of carbonyl (C=O) groups is 2. The van der Waals surface area contributed by atoms with Gasteiger partial charge in [0.1, 0.15) is 5.82 Å². The topological polar surface area (TPSA) is 151 Å². The first kappa shape index (κ1) is 23.9. The predicted octanol–water partition coefficient (Wildman–Crippen LogP) is 2.28. The summed E-state index contributed by atoms with van der Waals surface area (Å²) in [7, 11) is 0. The number of nitrogens with one attached hydrogen (secondary N) is 4. The van der Waals surface area contributed by atoms with Crippen LogP contribution < -0.4 is 27.0 Å². The number of amides is 2. The number of aromatic nitrogens is 4. The molecule has 2 fully saturated rings. The van der Waals surface area contributed by atoms with Gasteiger partial charge in [0.15, 0.2) is 17.2 Å². The summed E-state index contributed by atoms with van der Waals surface area (Å²) in [5.41, 5.74) is 7.18. The Morgan fingerprint density at radius 1 is 1.06 bits per heavy atom. The summed E-state index contributed by atoms with van der Waals surface area (Å²) in [6.07, 6.45) is 9.41. The summed E-state index contributed by atoms with van der Waals surface area (Å²) >= 11 is 0. The fourth-order valence-electron chi connectivity index (χ4n) is 4.33. The summed E-state index contributed by atoms with van der Waals surface area (Å²) in [5.74, 6) is -0.679. The molecule has 0 radical (unpaired) electrons. The Morgan fingerprint density at radius 2 is 1.75 bits per heavy atom. The van der Waals surface area contributed by atoms with Crippen molar-refractivity contribution in [2.75, 3.05) is 16.0 Å². The average molecular weight is 496 g/mol. The van der Waals surface area contributed by atoms with Crippen molar-refractivity contribution in [3.05, 3.63) is 42.2 Å². The molecular weight excluding hydrogens is 465 g/mol. The maximum Gasteiger partial charge on any atom is 0.276 e. The number of nitrogens with zero attached hydrogens (tertiary/aromatic N) is 4. The molecule has 3 aromatic heterocycles. The molecule has 2 amide bonds. The van der Waals surface area contributed by atoms with Crippen LogP contribution in [0.1, 0.15) is 55.9 Å². The molecule has 0 bridgehead atoms. The lowest BCUT2D eigenvalue weighted by atomic mass is 9.91. The summed E-state index contributed by atoms with van der Waals surface area (Å²) in [4.78, 5) is 33.0. The van der Waals surface area contributed by atoms with E-state index in [2.05, 4.69) is 36.3 Å². The molecule has 2 aliphatic carbocycles. The quantitative estimate of drug-likeness (QED) is 0.319. The van der Waals surface area contributed by atoms with Crippen LogP contribution in [0.4, 0.5) is 21.6 Å². The second-order valence-electron chi connectivity index (χ2n) is 9.54. The van der Waals surface area contributed by atoms with Crippen LogP contribution in [0.5, 0.6) is 0 Å². The molecule has 2 aliphatic rings. The van der Waals surface area contributed by atoms with E-state index in [0.29, 0.717) is 17.5 Å². The largest absolute Gasteiger partial charge is 0.379 e. The minimum absolute atomic E-state index is 0.0310. The zero-order valence-corrected chi connectivity index (χ0v) is 20.0. The van der Waals surface area contributed by atoms with Crippen LogP contribution in [0.3, 0.4) is 0 Å². The maximum atomic E-state index is 14.0. The fraction of sp³-hybridized carbons (Fsp3) is 0.458. The Bertz CT molecular complexity index is 1270. The standard InChI is InChI=1S/C24H30FN9O2/c1-13(26)23(35)31-16-6-4-15(5-7-16)30-21-10-19(29-14-2-3-14)22-28-12-20(34(22)33-21)24(36)32-18-8-9-27-11-17(18)25/h8-16,29H,2-7,26H2,1H3,(H,30,33)(H,31,35)(H,27,32,36)/t13-,15?,16?/m0/s1. The van der Waals surface area contributed by atoms with Crippen molar-refractivity contribution in [1.82, 2.24) is 24.9 Å². The summed E-state index contributed by atoms with van der Waals surface area (Å²) in [6.45, 7) is 1.68. The molecule has 5 rings (SSSR count). The zero-order valence-electron chi connectivity index (χ0n) is 20.0. The van der Waals surface area contributed by atoms with Crippen LogP contribution in [0.2, 0.25) is 0 Å². The summed E-state index contributed by atoms with van der Waals surface area (Å²) in [6, 6.07) is 3.43.